The predicted molar refractivity (Wildman–Crippen MR) is 84.6 cm³/mol. The van der Waals surface area contributed by atoms with E-state index in [0.29, 0.717) is 19.6 Å². The molecule has 1 N–H and O–H groups in total. The van der Waals surface area contributed by atoms with Gasteiger partial charge in [-0.2, -0.15) is 12.7 Å². The molecule has 2 aliphatic rings. The van der Waals surface area contributed by atoms with Crippen LogP contribution in [0.5, 0.6) is 0 Å². The molecular weight excluding hydrogens is 302 g/mol. The number of hydrogen-bond donors (Lipinski definition) is 1. The molecule has 2 fully saturated rings. The Balaban J connectivity index is 1.67. The molecule has 1 atom stereocenters. The lowest BCUT2D eigenvalue weighted by Crippen LogP contribution is -2.44. The summed E-state index contributed by atoms with van der Waals surface area (Å²) < 4.78 is 34.6. The van der Waals surface area contributed by atoms with Gasteiger partial charge in [0.15, 0.2) is 0 Å². The van der Waals surface area contributed by atoms with Crippen LogP contribution in [0.15, 0.2) is 22.8 Å². The van der Waals surface area contributed by atoms with Crippen molar-refractivity contribution in [3.63, 3.8) is 0 Å². The van der Waals surface area contributed by atoms with Crippen molar-refractivity contribution in [1.82, 2.24) is 13.9 Å². The molecule has 124 valence electrons. The standard InChI is InChI=1S/C15H25N3O3S/c19-22(20,18-10-4-5-11-18)16-13-14(15-7-6-12-21-15)17-8-2-1-3-9-17/h6-7,12,14,16H,1-5,8-11,13H2. The van der Waals surface area contributed by atoms with Gasteiger partial charge in [-0.15, -0.1) is 0 Å². The second-order valence-electron chi connectivity index (χ2n) is 6.09. The second kappa shape index (κ2) is 7.12. The molecule has 3 rings (SSSR count). The largest absolute Gasteiger partial charge is 0.468 e. The average Bonchev–Trinajstić information content (AvgIpc) is 3.22. The normalized spacial score (nSPS) is 22.9. The first-order valence-corrected chi connectivity index (χ1v) is 9.63. The zero-order valence-electron chi connectivity index (χ0n) is 12.9. The first kappa shape index (κ1) is 16.0. The minimum absolute atomic E-state index is 0.0207. The average molecular weight is 327 g/mol. The van der Waals surface area contributed by atoms with E-state index in [-0.39, 0.29) is 6.04 Å². The number of furan rings is 1. The summed E-state index contributed by atoms with van der Waals surface area (Å²) in [6, 6.07) is 3.78. The number of likely N-dealkylation sites (tertiary alicyclic amines) is 1. The highest BCUT2D eigenvalue weighted by Gasteiger charge is 2.29. The third-order valence-corrected chi connectivity index (χ3v) is 6.14. The van der Waals surface area contributed by atoms with Gasteiger partial charge in [-0.3, -0.25) is 4.90 Å². The van der Waals surface area contributed by atoms with Crippen LogP contribution in [0.4, 0.5) is 0 Å². The molecule has 0 saturated carbocycles. The molecule has 3 heterocycles. The van der Waals surface area contributed by atoms with Gasteiger partial charge in [0.1, 0.15) is 5.76 Å². The van der Waals surface area contributed by atoms with Gasteiger partial charge in [-0.25, -0.2) is 4.72 Å². The van der Waals surface area contributed by atoms with E-state index >= 15 is 0 Å². The van der Waals surface area contributed by atoms with Gasteiger partial charge >= 0.3 is 0 Å². The lowest BCUT2D eigenvalue weighted by atomic mass is 10.1. The molecule has 1 aromatic rings. The molecule has 6 nitrogen and oxygen atoms in total. The van der Waals surface area contributed by atoms with Crippen LogP contribution in [0.3, 0.4) is 0 Å². The molecule has 7 heteroatoms. The van der Waals surface area contributed by atoms with Gasteiger partial charge in [0.25, 0.3) is 10.2 Å². The zero-order chi connectivity index (χ0) is 15.4. The summed E-state index contributed by atoms with van der Waals surface area (Å²) in [5.41, 5.74) is 0. The van der Waals surface area contributed by atoms with Gasteiger partial charge in [0, 0.05) is 19.6 Å². The van der Waals surface area contributed by atoms with E-state index in [1.54, 1.807) is 10.6 Å². The Morgan fingerprint density at radius 2 is 1.77 bits per heavy atom. The van der Waals surface area contributed by atoms with Gasteiger partial charge in [-0.05, 0) is 50.9 Å². The molecule has 0 spiro atoms. The number of rotatable bonds is 6. The number of hydrogen-bond acceptors (Lipinski definition) is 4. The van der Waals surface area contributed by atoms with Crippen molar-refractivity contribution in [2.24, 2.45) is 0 Å². The molecule has 1 unspecified atom stereocenters. The van der Waals surface area contributed by atoms with E-state index in [1.165, 1.54) is 6.42 Å². The van der Waals surface area contributed by atoms with E-state index in [2.05, 4.69) is 9.62 Å². The number of nitrogens with zero attached hydrogens (tertiary/aromatic N) is 2. The highest BCUT2D eigenvalue weighted by molar-refractivity contribution is 7.87. The molecule has 22 heavy (non-hydrogen) atoms. The summed E-state index contributed by atoms with van der Waals surface area (Å²) in [6.07, 6.45) is 7.14. The van der Waals surface area contributed by atoms with Crippen molar-refractivity contribution >= 4 is 10.2 Å². The maximum atomic E-state index is 12.4. The maximum Gasteiger partial charge on any atom is 0.279 e. The Morgan fingerprint density at radius 1 is 1.09 bits per heavy atom. The van der Waals surface area contributed by atoms with Crippen LogP contribution < -0.4 is 4.72 Å². The highest BCUT2D eigenvalue weighted by Crippen LogP contribution is 2.25. The first-order chi connectivity index (χ1) is 10.7. The van der Waals surface area contributed by atoms with Crippen LogP contribution in [-0.2, 0) is 10.2 Å². The summed E-state index contributed by atoms with van der Waals surface area (Å²) in [4.78, 5) is 2.33. The predicted octanol–water partition coefficient (Wildman–Crippen LogP) is 1.74. The summed E-state index contributed by atoms with van der Waals surface area (Å²) in [5.74, 6) is 0.839. The van der Waals surface area contributed by atoms with Gasteiger partial charge in [-0.1, -0.05) is 6.42 Å². The van der Waals surface area contributed by atoms with E-state index in [1.807, 2.05) is 12.1 Å². The third-order valence-electron chi connectivity index (χ3n) is 4.57. The van der Waals surface area contributed by atoms with Crippen LogP contribution in [0.1, 0.15) is 43.9 Å². The molecule has 0 aliphatic carbocycles. The fourth-order valence-electron chi connectivity index (χ4n) is 3.32. The molecule has 2 aliphatic heterocycles. The van der Waals surface area contributed by atoms with Crippen molar-refractivity contribution in [3.05, 3.63) is 24.2 Å². The minimum Gasteiger partial charge on any atom is -0.468 e. The summed E-state index contributed by atoms with van der Waals surface area (Å²) >= 11 is 0. The molecule has 0 amide bonds. The van der Waals surface area contributed by atoms with Crippen LogP contribution in [0, 0.1) is 0 Å². The van der Waals surface area contributed by atoms with E-state index < -0.39 is 10.2 Å². The maximum absolute atomic E-state index is 12.4. The molecule has 2 saturated heterocycles. The van der Waals surface area contributed by atoms with Crippen LogP contribution in [-0.4, -0.2) is 50.3 Å². The Labute approximate surface area is 132 Å². The van der Waals surface area contributed by atoms with Gasteiger partial charge in [0.2, 0.25) is 0 Å². The second-order valence-corrected chi connectivity index (χ2v) is 7.84. The molecule has 1 aromatic heterocycles. The lowest BCUT2D eigenvalue weighted by Gasteiger charge is -2.33. The molecule has 0 radical (unpaired) electrons. The van der Waals surface area contributed by atoms with E-state index in [9.17, 15) is 8.42 Å². The van der Waals surface area contributed by atoms with Crippen molar-refractivity contribution in [2.75, 3.05) is 32.7 Å². The number of piperidine rings is 1. The SMILES string of the molecule is O=S(=O)(NCC(c1ccco1)N1CCCCC1)N1CCCC1. The Hall–Kier alpha value is -0.890. The van der Waals surface area contributed by atoms with Gasteiger partial charge < -0.3 is 4.42 Å². The minimum atomic E-state index is -3.37. The van der Waals surface area contributed by atoms with Crippen molar-refractivity contribution in [1.29, 1.82) is 0 Å². The molecule has 0 bridgehead atoms. The molecule has 0 aromatic carbocycles. The van der Waals surface area contributed by atoms with Crippen molar-refractivity contribution < 1.29 is 12.8 Å². The smallest absolute Gasteiger partial charge is 0.279 e. The molecular formula is C15H25N3O3S. The monoisotopic (exact) mass is 327 g/mol. The Morgan fingerprint density at radius 3 is 2.41 bits per heavy atom. The topological polar surface area (TPSA) is 65.8 Å². The summed E-state index contributed by atoms with van der Waals surface area (Å²) in [5, 5.41) is 0. The van der Waals surface area contributed by atoms with Crippen LogP contribution in [0.25, 0.3) is 0 Å². The Kier molecular flexibility index (Phi) is 5.18. The van der Waals surface area contributed by atoms with Gasteiger partial charge in [0.05, 0.1) is 12.3 Å². The van der Waals surface area contributed by atoms with Crippen molar-refractivity contribution in [3.8, 4) is 0 Å². The fourth-order valence-corrected chi connectivity index (χ4v) is 4.61. The van der Waals surface area contributed by atoms with Crippen LogP contribution >= 0.6 is 0 Å². The van der Waals surface area contributed by atoms with E-state index in [4.69, 9.17) is 4.42 Å². The fraction of sp³-hybridized carbons (Fsp3) is 0.733. The zero-order valence-corrected chi connectivity index (χ0v) is 13.7. The van der Waals surface area contributed by atoms with Crippen molar-refractivity contribution in [2.45, 2.75) is 38.1 Å². The first-order valence-electron chi connectivity index (χ1n) is 8.19. The third kappa shape index (κ3) is 3.71. The Bertz CT molecular complexity index is 547. The quantitative estimate of drug-likeness (QED) is 0.864. The van der Waals surface area contributed by atoms with E-state index in [0.717, 1.165) is 44.5 Å². The number of nitrogens with one attached hydrogen (secondary N) is 1. The highest BCUT2D eigenvalue weighted by atomic mass is 32.2. The lowest BCUT2D eigenvalue weighted by molar-refractivity contribution is 0.147. The van der Waals surface area contributed by atoms with Crippen LogP contribution in [0.2, 0.25) is 0 Å². The summed E-state index contributed by atoms with van der Waals surface area (Å²) in [7, 11) is -3.37. The summed E-state index contributed by atoms with van der Waals surface area (Å²) in [6.45, 7) is 3.62.